The first kappa shape index (κ1) is 22.3. The van der Waals surface area contributed by atoms with Crippen molar-refractivity contribution in [2.45, 2.75) is 60.9 Å². The molecule has 7 nitrogen and oxygen atoms in total. The minimum atomic E-state index is -0.405. The van der Waals surface area contributed by atoms with Crippen LogP contribution in [0.15, 0.2) is 23.9 Å². The van der Waals surface area contributed by atoms with Crippen LogP contribution in [-0.2, 0) is 6.54 Å². The normalized spacial score (nSPS) is 10.7. The molecule has 0 amide bonds. The Balaban J connectivity index is 2.60. The minimum absolute atomic E-state index is 0.00132. The quantitative estimate of drug-likeness (QED) is 0.246. The first-order chi connectivity index (χ1) is 13.7. The Morgan fingerprint density at radius 1 is 1.21 bits per heavy atom. The van der Waals surface area contributed by atoms with E-state index in [0.717, 1.165) is 24.0 Å². The summed E-state index contributed by atoms with van der Waals surface area (Å²) in [6.07, 6.45) is 3.38. The van der Waals surface area contributed by atoms with E-state index in [1.807, 2.05) is 27.7 Å². The number of nitrogens with zero attached hydrogens (tertiary/aromatic N) is 3. The van der Waals surface area contributed by atoms with Gasteiger partial charge in [0, 0.05) is 18.2 Å². The van der Waals surface area contributed by atoms with Crippen molar-refractivity contribution >= 4 is 17.0 Å². The molecule has 2 aromatic rings. The van der Waals surface area contributed by atoms with E-state index in [1.54, 1.807) is 11.6 Å². The highest BCUT2D eigenvalue weighted by molar-refractivity contribution is 6.12. The maximum atomic E-state index is 13.4. The van der Waals surface area contributed by atoms with E-state index >= 15 is 0 Å². The highest BCUT2D eigenvalue weighted by Gasteiger charge is 2.26. The first-order valence-electron chi connectivity index (χ1n) is 9.90. The number of benzene rings is 1. The van der Waals surface area contributed by atoms with Crippen LogP contribution in [0.4, 0.5) is 5.69 Å². The average molecular weight is 399 g/mol. The van der Waals surface area contributed by atoms with Gasteiger partial charge < -0.3 is 4.74 Å². The van der Waals surface area contributed by atoms with E-state index in [2.05, 4.69) is 12.0 Å². The van der Waals surface area contributed by atoms with Gasteiger partial charge in [-0.1, -0.05) is 18.9 Å². The van der Waals surface area contributed by atoms with Gasteiger partial charge in [-0.25, -0.2) is 4.68 Å². The molecule has 0 N–H and O–H groups in total. The number of aromatic nitrogens is 2. The summed E-state index contributed by atoms with van der Waals surface area (Å²) in [5.74, 6) is 0.204. The molecule has 0 atom stereocenters. The number of aryl methyl sites for hydroxylation is 1. The highest BCUT2D eigenvalue weighted by Crippen LogP contribution is 2.34. The lowest BCUT2D eigenvalue weighted by Gasteiger charge is -2.14. The van der Waals surface area contributed by atoms with Gasteiger partial charge in [-0.05, 0) is 58.2 Å². The van der Waals surface area contributed by atoms with E-state index in [4.69, 9.17) is 4.74 Å². The fourth-order valence-corrected chi connectivity index (χ4v) is 3.18. The average Bonchev–Trinajstić information content (AvgIpc) is 3.09. The zero-order valence-corrected chi connectivity index (χ0v) is 18.0. The number of allylic oxidation sites excluding steroid dienone is 2. The Morgan fingerprint density at radius 2 is 1.90 bits per heavy atom. The predicted molar refractivity (Wildman–Crippen MR) is 114 cm³/mol. The SMILES string of the molecule is CCCCOc1c(C(=O)c2ccc([N+](=O)[O-])c(C(C)=C(C)C)c2C)cnn1CC. The molecule has 0 aliphatic carbocycles. The van der Waals surface area contributed by atoms with Gasteiger partial charge in [-0.15, -0.1) is 0 Å². The summed E-state index contributed by atoms with van der Waals surface area (Å²) in [5.41, 5.74) is 3.64. The molecule has 1 aromatic heterocycles. The van der Waals surface area contributed by atoms with Gasteiger partial charge in [0.2, 0.25) is 5.88 Å². The van der Waals surface area contributed by atoms with Crippen LogP contribution in [0.3, 0.4) is 0 Å². The number of nitro groups is 1. The minimum Gasteiger partial charge on any atom is -0.477 e. The molecule has 0 unspecified atom stereocenters. The monoisotopic (exact) mass is 399 g/mol. The Morgan fingerprint density at radius 3 is 2.45 bits per heavy atom. The topological polar surface area (TPSA) is 87.3 Å². The summed E-state index contributed by atoms with van der Waals surface area (Å²) in [7, 11) is 0. The number of carbonyl (C=O) groups excluding carboxylic acids is 1. The van der Waals surface area contributed by atoms with Gasteiger partial charge in [0.1, 0.15) is 5.56 Å². The molecule has 0 spiro atoms. The summed E-state index contributed by atoms with van der Waals surface area (Å²) in [6, 6.07) is 2.93. The van der Waals surface area contributed by atoms with Crippen molar-refractivity contribution in [3.8, 4) is 5.88 Å². The predicted octanol–water partition coefficient (Wildman–Crippen LogP) is 5.34. The molecule has 0 radical (unpaired) electrons. The number of nitro benzene ring substituents is 1. The van der Waals surface area contributed by atoms with Crippen LogP contribution < -0.4 is 4.74 Å². The molecule has 0 fully saturated rings. The zero-order valence-electron chi connectivity index (χ0n) is 18.0. The second-order valence-corrected chi connectivity index (χ2v) is 7.22. The molecule has 0 saturated heterocycles. The van der Waals surface area contributed by atoms with Gasteiger partial charge in [-0.2, -0.15) is 5.10 Å². The zero-order chi connectivity index (χ0) is 21.7. The summed E-state index contributed by atoms with van der Waals surface area (Å²) in [4.78, 5) is 24.5. The molecule has 1 aromatic carbocycles. The van der Waals surface area contributed by atoms with E-state index in [1.165, 1.54) is 18.3 Å². The molecular formula is C22H29N3O4. The van der Waals surface area contributed by atoms with Crippen molar-refractivity contribution in [2.75, 3.05) is 6.61 Å². The maximum absolute atomic E-state index is 13.4. The third kappa shape index (κ3) is 4.55. The number of rotatable bonds is 9. The number of hydrogen-bond acceptors (Lipinski definition) is 5. The first-order valence-corrected chi connectivity index (χ1v) is 9.90. The van der Waals surface area contributed by atoms with Crippen molar-refractivity contribution in [2.24, 2.45) is 0 Å². The van der Waals surface area contributed by atoms with Crippen LogP contribution in [0.1, 0.15) is 74.5 Å². The molecular weight excluding hydrogens is 370 g/mol. The second kappa shape index (κ2) is 9.49. The Kier molecular flexibility index (Phi) is 7.31. The number of ether oxygens (including phenoxy) is 1. The fraction of sp³-hybridized carbons (Fsp3) is 0.455. The lowest BCUT2D eigenvalue weighted by Crippen LogP contribution is -2.11. The van der Waals surface area contributed by atoms with Crippen LogP contribution in [0.25, 0.3) is 5.57 Å². The van der Waals surface area contributed by atoms with Crippen molar-refractivity contribution < 1.29 is 14.5 Å². The molecule has 0 bridgehead atoms. The van der Waals surface area contributed by atoms with Crippen molar-refractivity contribution in [1.29, 1.82) is 0 Å². The van der Waals surface area contributed by atoms with Crippen LogP contribution in [0.5, 0.6) is 5.88 Å². The van der Waals surface area contributed by atoms with E-state index in [0.29, 0.717) is 41.3 Å². The Bertz CT molecular complexity index is 953. The van der Waals surface area contributed by atoms with Crippen LogP contribution in [-0.4, -0.2) is 27.1 Å². The van der Waals surface area contributed by atoms with Crippen LogP contribution in [0.2, 0.25) is 0 Å². The maximum Gasteiger partial charge on any atom is 0.277 e. The fourth-order valence-electron chi connectivity index (χ4n) is 3.18. The standard InChI is InChI=1S/C22H29N3O4/c1-7-9-12-29-22-18(13-23-24(22)8-2)21(26)17-10-11-19(25(27)28)20(16(17)6)15(5)14(3)4/h10-11,13H,7-9,12H2,1-6H3. The number of hydrogen-bond donors (Lipinski definition) is 0. The van der Waals surface area contributed by atoms with Gasteiger partial charge in [0.25, 0.3) is 5.69 Å². The van der Waals surface area contributed by atoms with Gasteiger partial charge in [0.15, 0.2) is 5.78 Å². The van der Waals surface area contributed by atoms with Crippen LogP contribution in [0, 0.1) is 17.0 Å². The number of unbranched alkanes of at least 4 members (excludes halogenated alkanes) is 1. The van der Waals surface area contributed by atoms with E-state index in [9.17, 15) is 14.9 Å². The highest BCUT2D eigenvalue weighted by atomic mass is 16.6. The Hall–Kier alpha value is -2.96. The van der Waals surface area contributed by atoms with E-state index < -0.39 is 4.92 Å². The van der Waals surface area contributed by atoms with Gasteiger partial charge in [-0.3, -0.25) is 14.9 Å². The molecule has 29 heavy (non-hydrogen) atoms. The third-order valence-electron chi connectivity index (χ3n) is 5.08. The summed E-state index contributed by atoms with van der Waals surface area (Å²) >= 11 is 0. The van der Waals surface area contributed by atoms with Crippen LogP contribution >= 0.6 is 0 Å². The van der Waals surface area contributed by atoms with Crippen molar-refractivity contribution in [3.63, 3.8) is 0 Å². The molecule has 156 valence electrons. The molecule has 7 heteroatoms. The van der Waals surface area contributed by atoms with Crippen molar-refractivity contribution in [1.82, 2.24) is 9.78 Å². The summed E-state index contributed by atoms with van der Waals surface area (Å²) < 4.78 is 7.52. The third-order valence-corrected chi connectivity index (χ3v) is 5.08. The lowest BCUT2D eigenvalue weighted by atomic mass is 9.90. The molecule has 0 saturated carbocycles. The smallest absolute Gasteiger partial charge is 0.277 e. The number of carbonyl (C=O) groups is 1. The second-order valence-electron chi connectivity index (χ2n) is 7.22. The molecule has 1 heterocycles. The molecule has 2 rings (SSSR count). The summed E-state index contributed by atoms with van der Waals surface area (Å²) in [5, 5.41) is 15.8. The van der Waals surface area contributed by atoms with Gasteiger partial charge >= 0.3 is 0 Å². The molecule has 0 aliphatic heterocycles. The Labute approximate surface area is 171 Å². The van der Waals surface area contributed by atoms with E-state index in [-0.39, 0.29) is 11.5 Å². The lowest BCUT2D eigenvalue weighted by molar-refractivity contribution is -0.385. The van der Waals surface area contributed by atoms with Crippen molar-refractivity contribution in [3.05, 3.63) is 56.3 Å². The molecule has 0 aliphatic rings. The van der Waals surface area contributed by atoms with Gasteiger partial charge in [0.05, 0.1) is 23.3 Å². The largest absolute Gasteiger partial charge is 0.477 e. The summed E-state index contributed by atoms with van der Waals surface area (Å²) in [6.45, 7) is 12.5. The number of ketones is 1.